The SMILES string of the molecule is N#C/C(=C/c1ccc(OCc2cccc([N+](=O)[O-])c2)c(Br)c1)C(=O)NCCc1c[nH]c2ccccc12. The molecule has 9 heteroatoms. The van der Waals surface area contributed by atoms with Gasteiger partial charge in [-0.3, -0.25) is 14.9 Å². The van der Waals surface area contributed by atoms with Gasteiger partial charge in [0.15, 0.2) is 0 Å². The molecule has 0 radical (unpaired) electrons. The van der Waals surface area contributed by atoms with Gasteiger partial charge >= 0.3 is 0 Å². The van der Waals surface area contributed by atoms with Gasteiger partial charge in [0.05, 0.1) is 9.40 Å². The number of fused-ring (bicyclic) bond motifs is 1. The number of benzene rings is 3. The van der Waals surface area contributed by atoms with E-state index in [1.165, 1.54) is 18.2 Å². The van der Waals surface area contributed by atoms with Gasteiger partial charge in [0.25, 0.3) is 11.6 Å². The number of nitriles is 1. The number of rotatable bonds is 9. The first kappa shape index (κ1) is 24.7. The standard InChI is InChI=1S/C27H21BrN4O4/c28-24-14-18(8-9-26(24)36-17-19-4-3-5-22(13-19)32(34)35)12-21(15-29)27(33)30-11-10-20-16-31-25-7-2-1-6-23(20)25/h1-9,12-14,16,31H,10-11,17H2,(H,30,33)/b21-12-. The van der Waals surface area contributed by atoms with Crippen LogP contribution in [0.3, 0.4) is 0 Å². The zero-order chi connectivity index (χ0) is 25.5. The summed E-state index contributed by atoms with van der Waals surface area (Å²) in [6.45, 7) is 0.547. The van der Waals surface area contributed by atoms with E-state index >= 15 is 0 Å². The first-order valence-electron chi connectivity index (χ1n) is 11.1. The lowest BCUT2D eigenvalue weighted by atomic mass is 10.1. The molecule has 3 aromatic carbocycles. The third-order valence-corrected chi connectivity index (χ3v) is 6.12. The zero-order valence-electron chi connectivity index (χ0n) is 19.0. The van der Waals surface area contributed by atoms with Crippen LogP contribution in [0.1, 0.15) is 16.7 Å². The van der Waals surface area contributed by atoms with Crippen molar-refractivity contribution in [2.24, 2.45) is 0 Å². The van der Waals surface area contributed by atoms with Crippen LogP contribution < -0.4 is 10.1 Å². The fraction of sp³-hybridized carbons (Fsp3) is 0.111. The van der Waals surface area contributed by atoms with Gasteiger partial charge in [0.2, 0.25) is 0 Å². The predicted molar refractivity (Wildman–Crippen MR) is 140 cm³/mol. The number of aromatic nitrogens is 1. The maximum atomic E-state index is 12.6. The first-order chi connectivity index (χ1) is 17.4. The van der Waals surface area contributed by atoms with E-state index in [-0.39, 0.29) is 17.9 Å². The average molecular weight is 545 g/mol. The van der Waals surface area contributed by atoms with E-state index in [0.717, 1.165) is 16.5 Å². The molecule has 0 aliphatic rings. The Morgan fingerprint density at radius 2 is 2.00 bits per heavy atom. The van der Waals surface area contributed by atoms with E-state index in [4.69, 9.17) is 4.74 Å². The molecule has 0 aliphatic heterocycles. The molecule has 1 amide bonds. The Kier molecular flexibility index (Phi) is 7.78. The highest BCUT2D eigenvalue weighted by Gasteiger charge is 2.11. The Morgan fingerprint density at radius 1 is 1.17 bits per heavy atom. The fourth-order valence-corrected chi connectivity index (χ4v) is 4.22. The van der Waals surface area contributed by atoms with Crippen LogP contribution in [0.25, 0.3) is 17.0 Å². The minimum Gasteiger partial charge on any atom is -0.488 e. The Bertz CT molecular complexity index is 1500. The summed E-state index contributed by atoms with van der Waals surface area (Å²) in [6.07, 6.45) is 4.07. The number of para-hydroxylation sites is 1. The summed E-state index contributed by atoms with van der Waals surface area (Å²) in [4.78, 5) is 26.3. The van der Waals surface area contributed by atoms with Crippen molar-refractivity contribution in [2.75, 3.05) is 6.54 Å². The van der Waals surface area contributed by atoms with Crippen molar-refractivity contribution in [3.63, 3.8) is 0 Å². The monoisotopic (exact) mass is 544 g/mol. The normalized spacial score (nSPS) is 11.2. The Hall–Kier alpha value is -4.42. The fourth-order valence-electron chi connectivity index (χ4n) is 3.70. The second-order valence-corrected chi connectivity index (χ2v) is 8.80. The van der Waals surface area contributed by atoms with Gasteiger partial charge in [0.1, 0.15) is 24.0 Å². The van der Waals surface area contributed by atoms with Gasteiger partial charge in [-0.1, -0.05) is 36.4 Å². The van der Waals surface area contributed by atoms with Crippen molar-refractivity contribution in [3.8, 4) is 11.8 Å². The van der Waals surface area contributed by atoms with Gasteiger partial charge in [-0.15, -0.1) is 0 Å². The van der Waals surface area contributed by atoms with Crippen molar-refractivity contribution >= 4 is 44.5 Å². The van der Waals surface area contributed by atoms with Gasteiger partial charge in [-0.05, 0) is 63.3 Å². The van der Waals surface area contributed by atoms with Crippen LogP contribution in [0, 0.1) is 21.4 Å². The van der Waals surface area contributed by atoms with Crippen LogP contribution in [-0.2, 0) is 17.8 Å². The molecule has 1 heterocycles. The highest BCUT2D eigenvalue weighted by Crippen LogP contribution is 2.28. The van der Waals surface area contributed by atoms with Crippen LogP contribution in [0.4, 0.5) is 5.69 Å². The maximum Gasteiger partial charge on any atom is 0.269 e. The number of nitro groups is 1. The molecule has 0 saturated heterocycles. The molecule has 2 N–H and O–H groups in total. The van der Waals surface area contributed by atoms with E-state index in [1.54, 1.807) is 30.3 Å². The number of hydrogen-bond acceptors (Lipinski definition) is 5. The van der Waals surface area contributed by atoms with E-state index in [2.05, 4.69) is 26.2 Å². The van der Waals surface area contributed by atoms with Crippen molar-refractivity contribution in [1.82, 2.24) is 10.3 Å². The topological polar surface area (TPSA) is 121 Å². The first-order valence-corrected chi connectivity index (χ1v) is 11.8. The van der Waals surface area contributed by atoms with E-state index in [1.807, 2.05) is 36.5 Å². The van der Waals surface area contributed by atoms with Crippen LogP contribution in [-0.4, -0.2) is 22.4 Å². The number of carbonyl (C=O) groups excluding carboxylic acids is 1. The second-order valence-electron chi connectivity index (χ2n) is 7.94. The molecule has 0 atom stereocenters. The predicted octanol–water partition coefficient (Wildman–Crippen LogP) is 5.68. The Balaban J connectivity index is 1.36. The third-order valence-electron chi connectivity index (χ3n) is 5.50. The summed E-state index contributed by atoms with van der Waals surface area (Å²) in [7, 11) is 0. The number of ether oxygens (including phenoxy) is 1. The number of aromatic amines is 1. The molecule has 0 aliphatic carbocycles. The Labute approximate surface area is 215 Å². The number of amides is 1. The maximum absolute atomic E-state index is 12.6. The zero-order valence-corrected chi connectivity index (χ0v) is 20.6. The van der Waals surface area contributed by atoms with Gasteiger partial charge in [-0.25, -0.2) is 0 Å². The van der Waals surface area contributed by atoms with E-state index in [9.17, 15) is 20.2 Å². The molecule has 4 rings (SSSR count). The quantitative estimate of drug-likeness (QED) is 0.121. The van der Waals surface area contributed by atoms with Crippen molar-refractivity contribution in [3.05, 3.63) is 110 Å². The number of H-pyrrole nitrogens is 1. The van der Waals surface area contributed by atoms with Crippen LogP contribution >= 0.6 is 15.9 Å². The second kappa shape index (κ2) is 11.3. The van der Waals surface area contributed by atoms with Crippen molar-refractivity contribution < 1.29 is 14.5 Å². The molecule has 180 valence electrons. The molecule has 0 spiro atoms. The molecule has 0 unspecified atom stereocenters. The highest BCUT2D eigenvalue weighted by atomic mass is 79.9. The largest absolute Gasteiger partial charge is 0.488 e. The molecule has 8 nitrogen and oxygen atoms in total. The molecular formula is C27H21BrN4O4. The number of halogens is 1. The number of nitrogens with zero attached hydrogens (tertiary/aromatic N) is 2. The molecule has 0 saturated carbocycles. The summed E-state index contributed by atoms with van der Waals surface area (Å²) in [5.41, 5.74) is 3.44. The minimum atomic E-state index is -0.453. The average Bonchev–Trinajstić information content (AvgIpc) is 3.30. The molecule has 0 fully saturated rings. The number of non-ortho nitro benzene ring substituents is 1. The molecule has 1 aromatic heterocycles. The smallest absolute Gasteiger partial charge is 0.269 e. The lowest BCUT2D eigenvalue weighted by Gasteiger charge is -2.09. The van der Waals surface area contributed by atoms with Gasteiger partial charge in [-0.2, -0.15) is 5.26 Å². The molecule has 36 heavy (non-hydrogen) atoms. The van der Waals surface area contributed by atoms with Gasteiger partial charge in [0, 0.05) is 35.8 Å². The number of nitro benzene ring substituents is 1. The summed E-state index contributed by atoms with van der Waals surface area (Å²) in [5.74, 6) is 0.0832. The van der Waals surface area contributed by atoms with Crippen LogP contribution in [0.5, 0.6) is 5.75 Å². The van der Waals surface area contributed by atoms with Crippen LogP contribution in [0.15, 0.2) is 83.0 Å². The molecular weight excluding hydrogens is 524 g/mol. The number of carbonyl (C=O) groups is 1. The lowest BCUT2D eigenvalue weighted by molar-refractivity contribution is -0.384. The Morgan fingerprint density at radius 3 is 2.78 bits per heavy atom. The summed E-state index contributed by atoms with van der Waals surface area (Å²) in [6, 6.07) is 21.3. The molecule has 4 aromatic rings. The van der Waals surface area contributed by atoms with Gasteiger partial charge < -0.3 is 15.0 Å². The number of hydrogen-bond donors (Lipinski definition) is 2. The molecule has 0 bridgehead atoms. The highest BCUT2D eigenvalue weighted by molar-refractivity contribution is 9.10. The van der Waals surface area contributed by atoms with E-state index in [0.29, 0.717) is 34.3 Å². The minimum absolute atomic E-state index is 0.000546. The third kappa shape index (κ3) is 5.98. The van der Waals surface area contributed by atoms with E-state index < -0.39 is 10.8 Å². The number of nitrogens with one attached hydrogen (secondary N) is 2. The van der Waals surface area contributed by atoms with Crippen molar-refractivity contribution in [1.29, 1.82) is 5.26 Å². The van der Waals surface area contributed by atoms with Crippen molar-refractivity contribution in [2.45, 2.75) is 13.0 Å². The lowest BCUT2D eigenvalue weighted by Crippen LogP contribution is -2.26. The summed E-state index contributed by atoms with van der Waals surface area (Å²) >= 11 is 3.44. The van der Waals surface area contributed by atoms with Crippen LogP contribution in [0.2, 0.25) is 0 Å². The summed E-state index contributed by atoms with van der Waals surface area (Å²) in [5, 5.41) is 24.4. The summed E-state index contributed by atoms with van der Waals surface area (Å²) < 4.78 is 6.40.